The van der Waals surface area contributed by atoms with Gasteiger partial charge in [-0.05, 0) is 31.5 Å². The van der Waals surface area contributed by atoms with Gasteiger partial charge in [-0.25, -0.2) is 8.78 Å². The van der Waals surface area contributed by atoms with Crippen molar-refractivity contribution in [2.45, 2.75) is 19.9 Å². The molecule has 2 nitrogen and oxygen atoms in total. The second-order valence-corrected chi connectivity index (χ2v) is 4.28. The van der Waals surface area contributed by atoms with Gasteiger partial charge >= 0.3 is 0 Å². The lowest BCUT2D eigenvalue weighted by Crippen LogP contribution is -2.09. The van der Waals surface area contributed by atoms with Crippen LogP contribution in [0, 0.1) is 18.6 Å². The third-order valence-corrected chi connectivity index (χ3v) is 2.69. The standard InChI is InChI=1S/C14H14F2N2/c1-9-5-12(8-17-7-9)18-10(2)13-4-3-11(15)6-14(13)16/h3-8,10,18H,1-2H3. The third kappa shape index (κ3) is 2.83. The van der Waals surface area contributed by atoms with E-state index in [-0.39, 0.29) is 6.04 Å². The van der Waals surface area contributed by atoms with Crippen molar-refractivity contribution in [1.29, 1.82) is 0 Å². The van der Waals surface area contributed by atoms with E-state index in [1.807, 2.05) is 19.9 Å². The Morgan fingerprint density at radius 3 is 2.61 bits per heavy atom. The maximum atomic E-state index is 13.6. The maximum Gasteiger partial charge on any atom is 0.131 e. The summed E-state index contributed by atoms with van der Waals surface area (Å²) >= 11 is 0. The predicted octanol–water partition coefficient (Wildman–Crippen LogP) is 3.84. The van der Waals surface area contributed by atoms with Gasteiger partial charge < -0.3 is 5.32 Å². The van der Waals surface area contributed by atoms with Crippen LogP contribution in [-0.4, -0.2) is 4.98 Å². The molecule has 0 saturated carbocycles. The lowest BCUT2D eigenvalue weighted by atomic mass is 10.1. The van der Waals surface area contributed by atoms with Gasteiger partial charge in [0.05, 0.1) is 11.7 Å². The Balaban J connectivity index is 2.19. The summed E-state index contributed by atoms with van der Waals surface area (Å²) in [5, 5.41) is 3.13. The lowest BCUT2D eigenvalue weighted by molar-refractivity contribution is 0.566. The molecule has 1 aromatic carbocycles. The van der Waals surface area contributed by atoms with Gasteiger partial charge in [-0.1, -0.05) is 6.07 Å². The monoisotopic (exact) mass is 248 g/mol. The normalized spacial score (nSPS) is 12.2. The topological polar surface area (TPSA) is 24.9 Å². The average molecular weight is 248 g/mol. The number of aromatic nitrogens is 1. The van der Waals surface area contributed by atoms with Crippen LogP contribution >= 0.6 is 0 Å². The molecule has 0 bridgehead atoms. The summed E-state index contributed by atoms with van der Waals surface area (Å²) in [7, 11) is 0. The Labute approximate surface area is 105 Å². The number of rotatable bonds is 3. The fraction of sp³-hybridized carbons (Fsp3) is 0.214. The van der Waals surface area contributed by atoms with Gasteiger partial charge in [-0.2, -0.15) is 0 Å². The van der Waals surface area contributed by atoms with Crippen LogP contribution in [0.4, 0.5) is 14.5 Å². The summed E-state index contributed by atoms with van der Waals surface area (Å²) in [4.78, 5) is 4.05. The van der Waals surface area contributed by atoms with E-state index in [9.17, 15) is 8.78 Å². The Hall–Kier alpha value is -1.97. The van der Waals surface area contributed by atoms with Crippen LogP contribution in [-0.2, 0) is 0 Å². The highest BCUT2D eigenvalue weighted by Gasteiger charge is 2.11. The summed E-state index contributed by atoms with van der Waals surface area (Å²) in [6.07, 6.45) is 3.42. The average Bonchev–Trinajstić information content (AvgIpc) is 2.28. The molecule has 2 aromatic rings. The number of aryl methyl sites for hydroxylation is 1. The van der Waals surface area contributed by atoms with E-state index in [1.165, 1.54) is 12.1 Å². The largest absolute Gasteiger partial charge is 0.377 e. The number of nitrogens with zero attached hydrogens (tertiary/aromatic N) is 1. The van der Waals surface area contributed by atoms with Crippen molar-refractivity contribution in [1.82, 2.24) is 4.98 Å². The van der Waals surface area contributed by atoms with Crippen LogP contribution in [0.5, 0.6) is 0 Å². The molecule has 94 valence electrons. The molecule has 4 heteroatoms. The molecule has 0 aliphatic rings. The molecule has 1 heterocycles. The van der Waals surface area contributed by atoms with Gasteiger partial charge in [0.15, 0.2) is 0 Å². The molecule has 1 atom stereocenters. The first-order valence-electron chi connectivity index (χ1n) is 5.69. The zero-order chi connectivity index (χ0) is 13.1. The minimum atomic E-state index is -0.569. The highest BCUT2D eigenvalue weighted by atomic mass is 19.1. The van der Waals surface area contributed by atoms with E-state index in [0.717, 1.165) is 17.3 Å². The van der Waals surface area contributed by atoms with Gasteiger partial charge in [-0.3, -0.25) is 4.98 Å². The minimum absolute atomic E-state index is 0.255. The van der Waals surface area contributed by atoms with Crippen molar-refractivity contribution >= 4 is 5.69 Å². The molecule has 0 aliphatic carbocycles. The van der Waals surface area contributed by atoms with Gasteiger partial charge in [-0.15, -0.1) is 0 Å². The van der Waals surface area contributed by atoms with Crippen LogP contribution < -0.4 is 5.32 Å². The van der Waals surface area contributed by atoms with E-state index in [4.69, 9.17) is 0 Å². The number of pyridine rings is 1. The van der Waals surface area contributed by atoms with Gasteiger partial charge in [0.2, 0.25) is 0 Å². The SMILES string of the molecule is Cc1cncc(NC(C)c2ccc(F)cc2F)c1. The van der Waals surface area contributed by atoms with Gasteiger partial charge in [0.25, 0.3) is 0 Å². The summed E-state index contributed by atoms with van der Waals surface area (Å²) < 4.78 is 26.4. The van der Waals surface area contributed by atoms with E-state index in [1.54, 1.807) is 12.4 Å². The highest BCUT2D eigenvalue weighted by molar-refractivity contribution is 5.45. The second kappa shape index (κ2) is 5.12. The summed E-state index contributed by atoms with van der Waals surface area (Å²) in [6, 6.07) is 5.26. The molecule has 0 aliphatic heterocycles. The summed E-state index contributed by atoms with van der Waals surface area (Å²) in [5.74, 6) is -1.11. The van der Waals surface area contributed by atoms with Crippen molar-refractivity contribution in [2.24, 2.45) is 0 Å². The first-order valence-corrected chi connectivity index (χ1v) is 5.69. The van der Waals surface area contributed by atoms with E-state index >= 15 is 0 Å². The van der Waals surface area contributed by atoms with Crippen LogP contribution in [0.15, 0.2) is 36.7 Å². The molecule has 1 unspecified atom stereocenters. The van der Waals surface area contributed by atoms with Crippen LogP contribution in [0.25, 0.3) is 0 Å². The smallest absolute Gasteiger partial charge is 0.131 e. The molecule has 2 rings (SSSR count). The van der Waals surface area contributed by atoms with Crippen LogP contribution in [0.3, 0.4) is 0 Å². The molecular formula is C14H14F2N2. The van der Waals surface area contributed by atoms with E-state index in [2.05, 4.69) is 10.3 Å². The van der Waals surface area contributed by atoms with Crippen LogP contribution in [0.2, 0.25) is 0 Å². The number of anilines is 1. The predicted molar refractivity (Wildman–Crippen MR) is 67.4 cm³/mol. The molecule has 1 N–H and O–H groups in total. The molecule has 0 radical (unpaired) electrons. The molecular weight excluding hydrogens is 234 g/mol. The Morgan fingerprint density at radius 2 is 1.94 bits per heavy atom. The quantitative estimate of drug-likeness (QED) is 0.892. The van der Waals surface area contributed by atoms with E-state index in [0.29, 0.717) is 5.56 Å². The Bertz CT molecular complexity index is 555. The van der Waals surface area contributed by atoms with Crippen molar-refractivity contribution < 1.29 is 8.78 Å². The number of hydrogen-bond donors (Lipinski definition) is 1. The van der Waals surface area contributed by atoms with E-state index < -0.39 is 11.6 Å². The number of benzene rings is 1. The fourth-order valence-electron chi connectivity index (χ4n) is 1.81. The third-order valence-electron chi connectivity index (χ3n) is 2.69. The Kier molecular flexibility index (Phi) is 3.55. The molecule has 18 heavy (non-hydrogen) atoms. The number of hydrogen-bond acceptors (Lipinski definition) is 2. The maximum absolute atomic E-state index is 13.6. The molecule has 0 spiro atoms. The number of nitrogens with one attached hydrogen (secondary N) is 1. The molecule has 0 amide bonds. The fourth-order valence-corrected chi connectivity index (χ4v) is 1.81. The first-order chi connectivity index (χ1) is 8.56. The summed E-state index contributed by atoms with van der Waals surface area (Å²) in [5.41, 5.74) is 2.26. The summed E-state index contributed by atoms with van der Waals surface area (Å²) in [6.45, 7) is 3.75. The van der Waals surface area contributed by atoms with Crippen LogP contribution in [0.1, 0.15) is 24.1 Å². The minimum Gasteiger partial charge on any atom is -0.377 e. The van der Waals surface area contributed by atoms with Crippen molar-refractivity contribution in [3.05, 3.63) is 59.4 Å². The molecule has 1 aromatic heterocycles. The molecule has 0 saturated heterocycles. The zero-order valence-electron chi connectivity index (χ0n) is 10.2. The van der Waals surface area contributed by atoms with Crippen molar-refractivity contribution in [2.75, 3.05) is 5.32 Å². The van der Waals surface area contributed by atoms with Gasteiger partial charge in [0.1, 0.15) is 11.6 Å². The zero-order valence-corrected chi connectivity index (χ0v) is 10.2. The lowest BCUT2D eigenvalue weighted by Gasteiger charge is -2.16. The highest BCUT2D eigenvalue weighted by Crippen LogP contribution is 2.22. The number of halogens is 2. The molecule has 0 fully saturated rings. The van der Waals surface area contributed by atoms with Crippen molar-refractivity contribution in [3.8, 4) is 0 Å². The Morgan fingerprint density at radius 1 is 1.17 bits per heavy atom. The van der Waals surface area contributed by atoms with Crippen molar-refractivity contribution in [3.63, 3.8) is 0 Å². The van der Waals surface area contributed by atoms with Gasteiger partial charge in [0, 0.05) is 24.0 Å². The second-order valence-electron chi connectivity index (χ2n) is 4.28. The first kappa shape index (κ1) is 12.5.